The first-order valence-corrected chi connectivity index (χ1v) is 11.1. The van der Waals surface area contributed by atoms with E-state index in [9.17, 15) is 9.59 Å². The highest BCUT2D eigenvalue weighted by Gasteiger charge is 2.10. The molecule has 36 heavy (non-hydrogen) atoms. The molecule has 2 heterocycles. The van der Waals surface area contributed by atoms with Crippen molar-refractivity contribution in [3.63, 3.8) is 0 Å². The Morgan fingerprint density at radius 3 is 1.50 bits per heavy atom. The monoisotopic (exact) mass is 486 g/mol. The maximum atomic E-state index is 12.0. The zero-order chi connectivity index (χ0) is 25.1. The summed E-state index contributed by atoms with van der Waals surface area (Å²) >= 11 is 0. The van der Waals surface area contributed by atoms with E-state index in [1.165, 1.54) is 12.1 Å². The van der Waals surface area contributed by atoms with Gasteiger partial charge in [0.15, 0.2) is 0 Å². The molecule has 2 aromatic heterocycles. The third-order valence-electron chi connectivity index (χ3n) is 5.66. The predicted octanol–water partition coefficient (Wildman–Crippen LogP) is 5.07. The fraction of sp³-hybridized carbons (Fsp3) is 0.143. The van der Waals surface area contributed by atoms with Crippen molar-refractivity contribution in [2.75, 3.05) is 14.2 Å². The van der Waals surface area contributed by atoms with E-state index in [2.05, 4.69) is 0 Å². The molecular formula is C28H22O8. The summed E-state index contributed by atoms with van der Waals surface area (Å²) in [7, 11) is 3.15. The van der Waals surface area contributed by atoms with Gasteiger partial charge in [-0.3, -0.25) is 0 Å². The van der Waals surface area contributed by atoms with Crippen molar-refractivity contribution in [1.82, 2.24) is 0 Å². The maximum absolute atomic E-state index is 12.0. The van der Waals surface area contributed by atoms with E-state index in [-0.39, 0.29) is 13.2 Å². The second-order valence-corrected chi connectivity index (χ2v) is 7.96. The molecule has 3 aromatic carbocycles. The third kappa shape index (κ3) is 4.88. The number of fused-ring (bicyclic) bond motifs is 2. The number of methoxy groups -OCH3 is 2. The van der Waals surface area contributed by atoms with Crippen molar-refractivity contribution >= 4 is 21.9 Å². The first-order chi connectivity index (χ1) is 17.5. The van der Waals surface area contributed by atoms with Crippen LogP contribution in [0.1, 0.15) is 11.1 Å². The fourth-order valence-electron chi connectivity index (χ4n) is 3.88. The SMILES string of the molecule is COc1ccc2oc(=O)cc(COc3cccc(OCc4cc(=O)oc5ccc(OC)cc45)c3)c2c1. The standard InChI is InChI=1S/C28H22O8/c1-31-19-6-8-25-23(13-19)17(10-27(29)35-25)15-33-21-4-3-5-22(12-21)34-16-18-11-28(30)36-26-9-7-20(32-2)14-24(18)26/h3-14H,15-16H2,1-2H3. The van der Waals surface area contributed by atoms with E-state index in [1.807, 2.05) is 0 Å². The maximum Gasteiger partial charge on any atom is 0.336 e. The van der Waals surface area contributed by atoms with Crippen LogP contribution < -0.4 is 30.2 Å². The van der Waals surface area contributed by atoms with E-state index in [4.69, 9.17) is 27.8 Å². The first-order valence-electron chi connectivity index (χ1n) is 11.1. The van der Waals surface area contributed by atoms with Crippen LogP contribution >= 0.6 is 0 Å². The quantitative estimate of drug-likeness (QED) is 0.280. The molecule has 0 aliphatic heterocycles. The van der Waals surface area contributed by atoms with Crippen molar-refractivity contribution in [2.45, 2.75) is 13.2 Å². The van der Waals surface area contributed by atoms with Crippen molar-refractivity contribution in [2.24, 2.45) is 0 Å². The van der Waals surface area contributed by atoms with Crippen molar-refractivity contribution in [3.05, 3.63) is 105 Å². The number of rotatable bonds is 8. The fourth-order valence-corrected chi connectivity index (χ4v) is 3.88. The lowest BCUT2D eigenvalue weighted by Gasteiger charge is -2.12. The van der Waals surface area contributed by atoms with E-state index in [0.29, 0.717) is 45.3 Å². The van der Waals surface area contributed by atoms with Gasteiger partial charge in [0.05, 0.1) is 14.2 Å². The summed E-state index contributed by atoms with van der Waals surface area (Å²) in [5, 5.41) is 1.46. The average molecular weight is 486 g/mol. The van der Waals surface area contributed by atoms with Gasteiger partial charge in [-0.2, -0.15) is 0 Å². The Morgan fingerprint density at radius 2 is 1.06 bits per heavy atom. The van der Waals surface area contributed by atoms with Crippen LogP contribution in [0.2, 0.25) is 0 Å². The Kier molecular flexibility index (Phi) is 6.32. The van der Waals surface area contributed by atoms with Crippen LogP contribution in [0, 0.1) is 0 Å². The Labute approximate surface area is 205 Å². The molecule has 0 saturated carbocycles. The van der Waals surface area contributed by atoms with Crippen LogP contribution in [0.25, 0.3) is 21.9 Å². The predicted molar refractivity (Wildman–Crippen MR) is 133 cm³/mol. The molecule has 0 atom stereocenters. The van der Waals surface area contributed by atoms with Gasteiger partial charge in [-0.15, -0.1) is 0 Å². The summed E-state index contributed by atoms with van der Waals surface area (Å²) in [6.07, 6.45) is 0. The molecule has 8 heteroatoms. The molecule has 5 rings (SSSR count). The van der Waals surface area contributed by atoms with E-state index in [1.54, 1.807) is 74.9 Å². The van der Waals surface area contributed by atoms with Gasteiger partial charge in [0.2, 0.25) is 0 Å². The van der Waals surface area contributed by atoms with Crippen LogP contribution in [0.3, 0.4) is 0 Å². The molecule has 0 bridgehead atoms. The number of ether oxygens (including phenoxy) is 4. The second-order valence-electron chi connectivity index (χ2n) is 7.96. The molecule has 0 N–H and O–H groups in total. The highest BCUT2D eigenvalue weighted by molar-refractivity contribution is 5.82. The molecule has 0 unspecified atom stereocenters. The van der Waals surface area contributed by atoms with Gasteiger partial charge < -0.3 is 27.8 Å². The van der Waals surface area contributed by atoms with Gasteiger partial charge in [-0.05, 0) is 48.5 Å². The van der Waals surface area contributed by atoms with Gasteiger partial charge in [0.1, 0.15) is 47.4 Å². The minimum atomic E-state index is -0.459. The lowest BCUT2D eigenvalue weighted by molar-refractivity contribution is 0.290. The van der Waals surface area contributed by atoms with Crippen molar-refractivity contribution in [1.29, 1.82) is 0 Å². The summed E-state index contributed by atoms with van der Waals surface area (Å²) in [5.41, 5.74) is 1.33. The molecule has 182 valence electrons. The molecule has 0 saturated heterocycles. The van der Waals surface area contributed by atoms with Crippen molar-refractivity contribution < 1.29 is 27.8 Å². The van der Waals surface area contributed by atoms with E-state index >= 15 is 0 Å². The molecular weight excluding hydrogens is 464 g/mol. The van der Waals surface area contributed by atoms with Gasteiger partial charge >= 0.3 is 11.3 Å². The Morgan fingerprint density at radius 1 is 0.583 bits per heavy atom. The molecule has 0 aliphatic rings. The van der Waals surface area contributed by atoms with Crippen LogP contribution in [0.4, 0.5) is 0 Å². The zero-order valence-electron chi connectivity index (χ0n) is 19.6. The lowest BCUT2D eigenvalue weighted by atomic mass is 10.1. The van der Waals surface area contributed by atoms with Gasteiger partial charge in [-0.1, -0.05) is 6.07 Å². The Hall–Kier alpha value is -4.72. The van der Waals surface area contributed by atoms with Crippen LogP contribution in [0.15, 0.2) is 91.2 Å². The minimum Gasteiger partial charge on any atom is -0.497 e. The Bertz CT molecular complexity index is 1540. The van der Waals surface area contributed by atoms with Gasteiger partial charge in [0.25, 0.3) is 0 Å². The summed E-state index contributed by atoms with van der Waals surface area (Å²) < 4.78 is 33.0. The molecule has 8 nitrogen and oxygen atoms in total. The Balaban J connectivity index is 1.35. The normalized spacial score (nSPS) is 10.9. The van der Waals surface area contributed by atoms with Crippen LogP contribution in [-0.4, -0.2) is 14.2 Å². The molecule has 0 aliphatic carbocycles. The highest BCUT2D eigenvalue weighted by Crippen LogP contribution is 2.27. The number of hydrogen-bond donors (Lipinski definition) is 0. The average Bonchev–Trinajstić information content (AvgIpc) is 2.90. The minimum absolute atomic E-state index is 0.142. The summed E-state index contributed by atoms with van der Waals surface area (Å²) in [6.45, 7) is 0.284. The third-order valence-corrected chi connectivity index (χ3v) is 5.66. The van der Waals surface area contributed by atoms with Gasteiger partial charge in [-0.25, -0.2) is 9.59 Å². The summed E-state index contributed by atoms with van der Waals surface area (Å²) in [4.78, 5) is 24.0. The molecule has 0 amide bonds. The van der Waals surface area contributed by atoms with E-state index < -0.39 is 11.3 Å². The topological polar surface area (TPSA) is 97.3 Å². The summed E-state index contributed by atoms with van der Waals surface area (Å²) in [5.74, 6) is 2.40. The number of benzene rings is 3. The smallest absolute Gasteiger partial charge is 0.336 e. The number of hydrogen-bond acceptors (Lipinski definition) is 8. The molecule has 0 radical (unpaired) electrons. The highest BCUT2D eigenvalue weighted by atomic mass is 16.5. The van der Waals surface area contributed by atoms with Crippen LogP contribution in [0.5, 0.6) is 23.0 Å². The van der Waals surface area contributed by atoms with Gasteiger partial charge in [0, 0.05) is 40.1 Å². The first kappa shape index (κ1) is 23.0. The molecule has 0 spiro atoms. The zero-order valence-corrected chi connectivity index (χ0v) is 19.6. The lowest BCUT2D eigenvalue weighted by Crippen LogP contribution is -2.05. The van der Waals surface area contributed by atoms with Crippen molar-refractivity contribution in [3.8, 4) is 23.0 Å². The van der Waals surface area contributed by atoms with E-state index in [0.717, 1.165) is 10.8 Å². The van der Waals surface area contributed by atoms with Crippen LogP contribution in [-0.2, 0) is 13.2 Å². The molecule has 0 fully saturated rings. The second kappa shape index (κ2) is 9.87. The molecule has 5 aromatic rings. The largest absolute Gasteiger partial charge is 0.497 e. The summed E-state index contributed by atoms with van der Waals surface area (Å²) in [6, 6.07) is 20.4.